The van der Waals surface area contributed by atoms with Crippen molar-refractivity contribution in [1.82, 2.24) is 0 Å². The van der Waals surface area contributed by atoms with Gasteiger partial charge in [-0.25, -0.2) is 19.2 Å². The average molecular weight is 357 g/mol. The highest BCUT2D eigenvalue weighted by Crippen LogP contribution is 2.45. The van der Waals surface area contributed by atoms with Crippen LogP contribution in [0.2, 0.25) is 0 Å². The molecule has 0 aromatic rings. The minimum absolute atomic E-state index is 0.332. The number of rotatable bonds is 5. The molecule has 0 aromatic carbocycles. The molecule has 1 aliphatic rings. The average Bonchev–Trinajstić information content (AvgIpc) is 2.89. The first-order chi connectivity index (χ1) is 11.7. The number of carbonyl (C=O) groups excluding carboxylic acids is 4. The highest BCUT2D eigenvalue weighted by Gasteiger charge is 2.70. The maximum atomic E-state index is 12.3. The van der Waals surface area contributed by atoms with E-state index in [1.165, 1.54) is 0 Å². The Morgan fingerprint density at radius 1 is 0.840 bits per heavy atom. The Balaban J connectivity index is 4.11. The van der Waals surface area contributed by atoms with Gasteiger partial charge in [0.1, 0.15) is 11.1 Å². The van der Waals surface area contributed by atoms with Gasteiger partial charge >= 0.3 is 29.4 Å². The third-order valence-corrected chi connectivity index (χ3v) is 3.65. The van der Waals surface area contributed by atoms with E-state index in [-0.39, 0.29) is 5.57 Å². The van der Waals surface area contributed by atoms with Gasteiger partial charge in [-0.3, -0.25) is 10.1 Å². The second-order valence-electron chi connectivity index (χ2n) is 4.68. The predicted octanol–water partition coefficient (Wildman–Crippen LogP) is -0.679. The lowest BCUT2D eigenvalue weighted by atomic mass is 9.85. The number of nitrogens with zero attached hydrogens (tertiary/aromatic N) is 1. The van der Waals surface area contributed by atoms with Gasteiger partial charge in [0.05, 0.1) is 34.0 Å². The van der Waals surface area contributed by atoms with Crippen molar-refractivity contribution >= 4 is 23.9 Å². The summed E-state index contributed by atoms with van der Waals surface area (Å²) in [5.74, 6) is -5.41. The van der Waals surface area contributed by atoms with Crippen LogP contribution in [0.15, 0.2) is 22.3 Å². The molecule has 0 saturated carbocycles. The van der Waals surface area contributed by atoms with E-state index in [9.17, 15) is 29.3 Å². The predicted molar refractivity (Wildman–Crippen MR) is 77.5 cm³/mol. The Kier molecular flexibility index (Phi) is 5.63. The zero-order valence-corrected chi connectivity index (χ0v) is 14.0. The van der Waals surface area contributed by atoms with E-state index in [0.717, 1.165) is 35.4 Å². The van der Waals surface area contributed by atoms with Gasteiger partial charge in [0.15, 0.2) is 0 Å². The van der Waals surface area contributed by atoms with Gasteiger partial charge in [-0.1, -0.05) is 0 Å². The molecule has 0 N–H and O–H groups in total. The van der Waals surface area contributed by atoms with E-state index in [1.807, 2.05) is 0 Å². The highest BCUT2D eigenvalue weighted by atomic mass is 16.6. The van der Waals surface area contributed by atoms with Crippen LogP contribution in [0.3, 0.4) is 0 Å². The molecular weight excluding hydrogens is 342 g/mol. The van der Waals surface area contributed by atoms with Crippen LogP contribution in [0.25, 0.3) is 0 Å². The van der Waals surface area contributed by atoms with Crippen molar-refractivity contribution in [1.29, 1.82) is 0 Å². The summed E-state index contributed by atoms with van der Waals surface area (Å²) in [5.41, 5.74) is -5.93. The van der Waals surface area contributed by atoms with Crippen LogP contribution in [0.1, 0.15) is 6.92 Å². The van der Waals surface area contributed by atoms with Gasteiger partial charge in [-0.05, 0) is 12.5 Å². The zero-order valence-electron chi connectivity index (χ0n) is 14.0. The third-order valence-electron chi connectivity index (χ3n) is 3.65. The number of hydrogen-bond acceptors (Lipinski definition) is 10. The van der Waals surface area contributed by atoms with Crippen molar-refractivity contribution in [2.75, 3.05) is 28.4 Å². The third kappa shape index (κ3) is 2.62. The Bertz CT molecular complexity index is 732. The summed E-state index contributed by atoms with van der Waals surface area (Å²) in [4.78, 5) is 59.4. The van der Waals surface area contributed by atoms with Crippen molar-refractivity contribution in [3.05, 3.63) is 32.4 Å². The van der Waals surface area contributed by atoms with Crippen molar-refractivity contribution in [2.24, 2.45) is 0 Å². The van der Waals surface area contributed by atoms with Gasteiger partial charge in [-0.2, -0.15) is 0 Å². The minimum atomic E-state index is -3.12. The van der Waals surface area contributed by atoms with Crippen LogP contribution in [-0.2, 0) is 38.1 Å². The van der Waals surface area contributed by atoms with Crippen molar-refractivity contribution in [2.45, 2.75) is 12.5 Å². The van der Waals surface area contributed by atoms with E-state index in [0.29, 0.717) is 0 Å². The molecule has 0 heterocycles. The quantitative estimate of drug-likeness (QED) is 0.268. The van der Waals surface area contributed by atoms with Gasteiger partial charge in [0, 0.05) is 4.92 Å². The topological polar surface area (TPSA) is 148 Å². The second-order valence-corrected chi connectivity index (χ2v) is 4.68. The summed E-state index contributed by atoms with van der Waals surface area (Å²) < 4.78 is 17.9. The van der Waals surface area contributed by atoms with Gasteiger partial charge in [-0.15, -0.1) is 0 Å². The molecule has 1 unspecified atom stereocenters. The summed E-state index contributed by atoms with van der Waals surface area (Å²) in [6, 6.07) is 0. The Labute approximate surface area is 141 Å². The molecule has 136 valence electrons. The standard InChI is InChI=1S/C14H15NO10/c1-6-7(10(16)22-2)9(12(18)24-4)14(15(20)21,13(19)25-5)8(6)11(17)23-3/h1-5H3. The molecule has 0 saturated heterocycles. The fourth-order valence-electron chi connectivity index (χ4n) is 2.61. The zero-order chi connectivity index (χ0) is 19.5. The van der Waals surface area contributed by atoms with Crippen LogP contribution in [0, 0.1) is 10.1 Å². The molecule has 0 fully saturated rings. The number of ether oxygens (including phenoxy) is 4. The van der Waals surface area contributed by atoms with Crippen molar-refractivity contribution in [3.8, 4) is 0 Å². The smallest absolute Gasteiger partial charge is 0.395 e. The maximum Gasteiger partial charge on any atom is 0.395 e. The summed E-state index contributed by atoms with van der Waals surface area (Å²) >= 11 is 0. The summed E-state index contributed by atoms with van der Waals surface area (Å²) in [7, 11) is 3.58. The summed E-state index contributed by atoms with van der Waals surface area (Å²) in [5, 5.41) is 11.9. The Morgan fingerprint density at radius 3 is 1.64 bits per heavy atom. The first-order valence-electron chi connectivity index (χ1n) is 6.60. The van der Waals surface area contributed by atoms with E-state index in [2.05, 4.69) is 18.9 Å². The molecule has 0 spiro atoms. The largest absolute Gasteiger partial charge is 0.465 e. The van der Waals surface area contributed by atoms with Crippen LogP contribution in [0.5, 0.6) is 0 Å². The number of hydrogen-bond donors (Lipinski definition) is 0. The molecule has 0 aromatic heterocycles. The minimum Gasteiger partial charge on any atom is -0.465 e. The van der Waals surface area contributed by atoms with Crippen LogP contribution >= 0.6 is 0 Å². The molecule has 0 bridgehead atoms. The van der Waals surface area contributed by atoms with E-state index in [4.69, 9.17) is 0 Å². The molecule has 11 heteroatoms. The van der Waals surface area contributed by atoms with Crippen molar-refractivity contribution < 1.29 is 43.0 Å². The van der Waals surface area contributed by atoms with Gasteiger partial charge in [0.25, 0.3) is 0 Å². The first kappa shape index (κ1) is 19.8. The van der Waals surface area contributed by atoms with Gasteiger partial charge < -0.3 is 18.9 Å². The second kappa shape index (κ2) is 7.11. The fourth-order valence-corrected chi connectivity index (χ4v) is 2.61. The lowest BCUT2D eigenvalue weighted by Gasteiger charge is -2.22. The highest BCUT2D eigenvalue weighted by molar-refractivity contribution is 6.18. The molecule has 11 nitrogen and oxygen atoms in total. The molecule has 0 amide bonds. The van der Waals surface area contributed by atoms with Crippen LogP contribution in [-0.4, -0.2) is 62.8 Å². The summed E-state index contributed by atoms with van der Waals surface area (Å²) in [6.07, 6.45) is 0. The number of esters is 4. The SMILES string of the molecule is COC(=O)C1=C(C(=O)OC)C(C(=O)OC)([N+](=O)[O-])C(C(=O)OC)=C1C. The normalized spacial score (nSPS) is 19.4. The molecule has 1 rings (SSSR count). The molecule has 1 atom stereocenters. The molecule has 25 heavy (non-hydrogen) atoms. The monoisotopic (exact) mass is 357 g/mol. The molecule has 0 aliphatic heterocycles. The molecular formula is C14H15NO10. The lowest BCUT2D eigenvalue weighted by molar-refractivity contribution is -0.531. The van der Waals surface area contributed by atoms with Crippen molar-refractivity contribution in [3.63, 3.8) is 0 Å². The fraction of sp³-hybridized carbons (Fsp3) is 0.429. The van der Waals surface area contributed by atoms with Crippen LogP contribution in [0.4, 0.5) is 0 Å². The number of carbonyl (C=O) groups is 4. The Hall–Kier alpha value is -3.24. The Morgan fingerprint density at radius 2 is 1.28 bits per heavy atom. The molecule has 0 radical (unpaired) electrons. The van der Waals surface area contributed by atoms with Crippen LogP contribution < -0.4 is 0 Å². The summed E-state index contributed by atoms with van der Waals surface area (Å²) in [6.45, 7) is 1.13. The lowest BCUT2D eigenvalue weighted by Crippen LogP contribution is -2.53. The number of methoxy groups -OCH3 is 4. The van der Waals surface area contributed by atoms with Gasteiger partial charge in [0.2, 0.25) is 0 Å². The van der Waals surface area contributed by atoms with E-state index in [1.54, 1.807) is 0 Å². The van der Waals surface area contributed by atoms with E-state index < -0.39 is 51.1 Å². The maximum absolute atomic E-state index is 12.3. The number of nitro groups is 1. The first-order valence-corrected chi connectivity index (χ1v) is 6.60. The van der Waals surface area contributed by atoms with E-state index >= 15 is 0 Å². The molecule has 1 aliphatic carbocycles.